The molecule has 1 atom stereocenters. The van der Waals surface area contributed by atoms with Crippen molar-refractivity contribution in [2.24, 2.45) is 0 Å². The van der Waals surface area contributed by atoms with Gasteiger partial charge in [0.1, 0.15) is 0 Å². The van der Waals surface area contributed by atoms with E-state index in [0.29, 0.717) is 0 Å². The highest BCUT2D eigenvalue weighted by molar-refractivity contribution is 6.22. The Bertz CT molecular complexity index is 3320. The van der Waals surface area contributed by atoms with Crippen LogP contribution in [-0.4, -0.2) is 0 Å². The summed E-state index contributed by atoms with van der Waals surface area (Å²) in [6.07, 6.45) is 0. The van der Waals surface area contributed by atoms with Gasteiger partial charge in [-0.1, -0.05) is 188 Å². The lowest BCUT2D eigenvalue weighted by molar-refractivity contribution is 0.942. The summed E-state index contributed by atoms with van der Waals surface area (Å²) < 4.78 is 0. The Balaban J connectivity index is 1.14. The standard InChI is InChI=1S/C59H42N2/c1-5-19-43(20-6-1)57-54-36-34-52(61(50-27-11-4-12-28-50)51-33-31-42-18-14-16-26-47(42)38-51)40-56(54)58(44-21-7-2-8-22-44)53-35-32-49(39-55(53)57)60-59(45-23-9-3-10-24-45)48-30-29-41-17-13-15-25-46(41)37-48/h1-40,59-60H. The van der Waals surface area contributed by atoms with Gasteiger partial charge >= 0.3 is 0 Å². The average molecular weight is 779 g/mol. The molecule has 2 nitrogen and oxygen atoms in total. The van der Waals surface area contributed by atoms with Crippen LogP contribution in [0.3, 0.4) is 0 Å². The summed E-state index contributed by atoms with van der Waals surface area (Å²) in [5.41, 5.74) is 11.6. The van der Waals surface area contributed by atoms with Crippen LogP contribution in [0.15, 0.2) is 243 Å². The first-order chi connectivity index (χ1) is 30.2. The molecule has 11 rings (SSSR count). The summed E-state index contributed by atoms with van der Waals surface area (Å²) in [6.45, 7) is 0. The Morgan fingerprint density at radius 2 is 0.770 bits per heavy atom. The van der Waals surface area contributed by atoms with Gasteiger partial charge in [0.05, 0.1) is 6.04 Å². The van der Waals surface area contributed by atoms with Crippen LogP contribution < -0.4 is 10.2 Å². The highest BCUT2D eigenvalue weighted by atomic mass is 15.1. The van der Waals surface area contributed by atoms with Gasteiger partial charge in [0, 0.05) is 22.7 Å². The topological polar surface area (TPSA) is 15.3 Å². The quantitative estimate of drug-likeness (QED) is 0.147. The van der Waals surface area contributed by atoms with Gasteiger partial charge in [-0.2, -0.15) is 0 Å². The molecule has 0 saturated carbocycles. The predicted octanol–water partition coefficient (Wildman–Crippen LogP) is 16.3. The van der Waals surface area contributed by atoms with E-state index in [2.05, 4.69) is 253 Å². The number of anilines is 4. The van der Waals surface area contributed by atoms with Crippen LogP contribution in [0.1, 0.15) is 17.2 Å². The fourth-order valence-electron chi connectivity index (χ4n) is 9.18. The SMILES string of the molecule is c1ccc(-c2c3ccc(N(c4ccccc4)c4ccc5ccccc5c4)cc3c(-c3ccccc3)c3ccc(NC(c4ccccc4)c4ccc5ccccc5c4)cc23)cc1. The van der Waals surface area contributed by atoms with E-state index in [-0.39, 0.29) is 6.04 Å². The molecule has 2 heteroatoms. The van der Waals surface area contributed by atoms with Crippen molar-refractivity contribution in [3.05, 3.63) is 254 Å². The zero-order valence-electron chi connectivity index (χ0n) is 33.6. The first-order valence-corrected chi connectivity index (χ1v) is 21.0. The van der Waals surface area contributed by atoms with Gasteiger partial charge in [-0.25, -0.2) is 0 Å². The molecule has 288 valence electrons. The molecule has 0 bridgehead atoms. The lowest BCUT2D eigenvalue weighted by Crippen LogP contribution is -2.12. The smallest absolute Gasteiger partial charge is 0.0767 e. The summed E-state index contributed by atoms with van der Waals surface area (Å²) in [5.74, 6) is 0. The lowest BCUT2D eigenvalue weighted by atomic mass is 9.85. The maximum absolute atomic E-state index is 4.02. The second-order valence-electron chi connectivity index (χ2n) is 15.8. The van der Waals surface area contributed by atoms with E-state index < -0.39 is 0 Å². The van der Waals surface area contributed by atoms with Crippen molar-refractivity contribution >= 4 is 65.8 Å². The number of fused-ring (bicyclic) bond motifs is 4. The maximum Gasteiger partial charge on any atom is 0.0767 e. The number of benzene rings is 11. The lowest BCUT2D eigenvalue weighted by Gasteiger charge is -2.27. The molecule has 0 aromatic heterocycles. The third-order valence-corrected chi connectivity index (χ3v) is 12.0. The van der Waals surface area contributed by atoms with E-state index in [0.717, 1.165) is 22.7 Å². The van der Waals surface area contributed by atoms with Crippen molar-refractivity contribution in [1.82, 2.24) is 0 Å². The van der Waals surface area contributed by atoms with Crippen molar-refractivity contribution in [3.8, 4) is 22.3 Å². The summed E-state index contributed by atoms with van der Waals surface area (Å²) in [7, 11) is 0. The summed E-state index contributed by atoms with van der Waals surface area (Å²) in [4.78, 5) is 2.39. The second kappa shape index (κ2) is 15.7. The molecule has 0 saturated heterocycles. The van der Waals surface area contributed by atoms with Gasteiger partial charge in [0.2, 0.25) is 0 Å². The molecule has 1 unspecified atom stereocenters. The Hall–Kier alpha value is -7.94. The van der Waals surface area contributed by atoms with E-state index in [1.165, 1.54) is 76.5 Å². The zero-order chi connectivity index (χ0) is 40.5. The van der Waals surface area contributed by atoms with Crippen LogP contribution in [0.25, 0.3) is 65.3 Å². The Morgan fingerprint density at radius 1 is 0.295 bits per heavy atom. The zero-order valence-corrected chi connectivity index (χ0v) is 33.6. The average Bonchev–Trinajstić information content (AvgIpc) is 3.33. The number of nitrogens with zero attached hydrogens (tertiary/aromatic N) is 1. The fourth-order valence-corrected chi connectivity index (χ4v) is 9.18. The highest BCUT2D eigenvalue weighted by Crippen LogP contribution is 2.47. The maximum atomic E-state index is 4.02. The molecule has 0 aliphatic rings. The molecule has 0 aliphatic heterocycles. The van der Waals surface area contributed by atoms with Gasteiger partial charge < -0.3 is 10.2 Å². The predicted molar refractivity (Wildman–Crippen MR) is 260 cm³/mol. The monoisotopic (exact) mass is 778 g/mol. The van der Waals surface area contributed by atoms with Gasteiger partial charge in [0.15, 0.2) is 0 Å². The highest BCUT2D eigenvalue weighted by Gasteiger charge is 2.22. The number of para-hydroxylation sites is 1. The molecule has 61 heavy (non-hydrogen) atoms. The van der Waals surface area contributed by atoms with Crippen molar-refractivity contribution in [2.45, 2.75) is 6.04 Å². The van der Waals surface area contributed by atoms with Crippen LogP contribution in [0, 0.1) is 0 Å². The van der Waals surface area contributed by atoms with Crippen molar-refractivity contribution in [1.29, 1.82) is 0 Å². The normalized spacial score (nSPS) is 11.9. The Kier molecular flexibility index (Phi) is 9.29. The minimum Gasteiger partial charge on any atom is -0.374 e. The van der Waals surface area contributed by atoms with Gasteiger partial charge in [-0.3, -0.25) is 0 Å². The van der Waals surface area contributed by atoms with Gasteiger partial charge in [-0.15, -0.1) is 0 Å². The number of rotatable bonds is 9. The van der Waals surface area contributed by atoms with E-state index in [4.69, 9.17) is 0 Å². The molecule has 0 aliphatic carbocycles. The third kappa shape index (κ3) is 6.84. The van der Waals surface area contributed by atoms with Crippen LogP contribution >= 0.6 is 0 Å². The van der Waals surface area contributed by atoms with Crippen LogP contribution in [-0.2, 0) is 0 Å². The molecular formula is C59H42N2. The van der Waals surface area contributed by atoms with E-state index in [9.17, 15) is 0 Å². The molecule has 0 amide bonds. The van der Waals surface area contributed by atoms with E-state index in [1.807, 2.05) is 0 Å². The largest absolute Gasteiger partial charge is 0.374 e. The Labute approximate surface area is 356 Å². The number of hydrogen-bond donors (Lipinski definition) is 1. The van der Waals surface area contributed by atoms with Crippen LogP contribution in [0.5, 0.6) is 0 Å². The van der Waals surface area contributed by atoms with Crippen molar-refractivity contribution in [2.75, 3.05) is 10.2 Å². The summed E-state index contributed by atoms with van der Waals surface area (Å²) in [6, 6.07) is 88.1. The molecule has 0 radical (unpaired) electrons. The molecule has 0 spiro atoms. The number of nitrogens with one attached hydrogen (secondary N) is 1. The molecule has 0 heterocycles. The minimum atomic E-state index is -0.0564. The third-order valence-electron chi connectivity index (χ3n) is 12.0. The first kappa shape index (κ1) is 36.2. The van der Waals surface area contributed by atoms with Crippen LogP contribution in [0.2, 0.25) is 0 Å². The second-order valence-corrected chi connectivity index (χ2v) is 15.8. The molecular weight excluding hydrogens is 737 g/mol. The molecule has 11 aromatic rings. The first-order valence-electron chi connectivity index (χ1n) is 21.0. The van der Waals surface area contributed by atoms with E-state index in [1.54, 1.807) is 0 Å². The summed E-state index contributed by atoms with van der Waals surface area (Å²) >= 11 is 0. The van der Waals surface area contributed by atoms with Crippen molar-refractivity contribution < 1.29 is 0 Å². The Morgan fingerprint density at radius 3 is 1.41 bits per heavy atom. The molecule has 0 fully saturated rings. The van der Waals surface area contributed by atoms with Gasteiger partial charge in [0.25, 0.3) is 0 Å². The molecule has 1 N–H and O–H groups in total. The molecule has 11 aromatic carbocycles. The van der Waals surface area contributed by atoms with Crippen LogP contribution in [0.4, 0.5) is 22.7 Å². The fraction of sp³-hybridized carbons (Fsp3) is 0.0169. The minimum absolute atomic E-state index is 0.0564. The number of hydrogen-bond acceptors (Lipinski definition) is 2. The van der Waals surface area contributed by atoms with Crippen molar-refractivity contribution in [3.63, 3.8) is 0 Å². The summed E-state index contributed by atoms with van der Waals surface area (Å²) in [5, 5.41) is 13.8. The van der Waals surface area contributed by atoms with Gasteiger partial charge in [-0.05, 0) is 131 Å². The van der Waals surface area contributed by atoms with E-state index >= 15 is 0 Å².